The summed E-state index contributed by atoms with van der Waals surface area (Å²) in [7, 11) is 1.94. The first kappa shape index (κ1) is 13.0. The number of nitrogens with zero attached hydrogens (tertiary/aromatic N) is 4. The molecule has 0 atom stereocenters. The lowest BCUT2D eigenvalue weighted by Gasteiger charge is -2.41. The van der Waals surface area contributed by atoms with Gasteiger partial charge in [-0.05, 0) is 24.3 Å². The summed E-state index contributed by atoms with van der Waals surface area (Å²) in [4.78, 5) is 24.9. The van der Waals surface area contributed by atoms with E-state index in [1.54, 1.807) is 17.7 Å². The number of hydrogen-bond acceptors (Lipinski definition) is 5. The topological polar surface area (TPSA) is 49.3 Å². The Kier molecular flexibility index (Phi) is 3.06. The summed E-state index contributed by atoms with van der Waals surface area (Å²) in [6, 6.07) is 2.03. The van der Waals surface area contributed by atoms with Crippen molar-refractivity contribution in [2.24, 2.45) is 11.8 Å². The van der Waals surface area contributed by atoms with Gasteiger partial charge in [-0.1, -0.05) is 0 Å². The van der Waals surface area contributed by atoms with E-state index in [0.29, 0.717) is 17.7 Å². The monoisotopic (exact) mass is 302 g/mol. The molecule has 2 aliphatic rings. The third-order valence-electron chi connectivity index (χ3n) is 4.32. The molecule has 1 saturated heterocycles. The third-order valence-corrected chi connectivity index (χ3v) is 5.22. The predicted octanol–water partition coefficient (Wildman–Crippen LogP) is 2.00. The molecule has 3 heterocycles. The van der Waals surface area contributed by atoms with E-state index in [0.717, 1.165) is 43.8 Å². The van der Waals surface area contributed by atoms with Crippen LogP contribution in [0.5, 0.6) is 0 Å². The molecule has 0 unspecified atom stereocenters. The van der Waals surface area contributed by atoms with E-state index < -0.39 is 0 Å². The molecule has 2 aromatic heterocycles. The van der Waals surface area contributed by atoms with Crippen molar-refractivity contribution >= 4 is 33.3 Å². The van der Waals surface area contributed by atoms with Gasteiger partial charge in [-0.3, -0.25) is 4.79 Å². The predicted molar refractivity (Wildman–Crippen MR) is 83.5 cm³/mol. The Morgan fingerprint density at radius 3 is 3.00 bits per heavy atom. The molecule has 1 aliphatic heterocycles. The molecule has 0 bridgehead atoms. The Labute approximate surface area is 127 Å². The normalized spacial score (nSPS) is 18.8. The second-order valence-corrected chi connectivity index (χ2v) is 7.01. The van der Waals surface area contributed by atoms with Gasteiger partial charge in [-0.25, -0.2) is 9.97 Å². The molecule has 4 rings (SSSR count). The largest absolute Gasteiger partial charge is 0.354 e. The van der Waals surface area contributed by atoms with Crippen LogP contribution in [0.15, 0.2) is 17.8 Å². The average molecular weight is 302 g/mol. The SMILES string of the molecule is CN(CC1CN(c2ncnc3ccsc23)C1)C(=O)C1CC1. The molecule has 5 nitrogen and oxygen atoms in total. The van der Waals surface area contributed by atoms with Gasteiger partial charge in [0.25, 0.3) is 0 Å². The van der Waals surface area contributed by atoms with Gasteiger partial charge < -0.3 is 9.80 Å². The average Bonchev–Trinajstić information content (AvgIpc) is 3.18. The van der Waals surface area contributed by atoms with Crippen molar-refractivity contribution in [1.82, 2.24) is 14.9 Å². The van der Waals surface area contributed by atoms with Crippen LogP contribution in [0.3, 0.4) is 0 Å². The summed E-state index contributed by atoms with van der Waals surface area (Å²) in [5.41, 5.74) is 1.02. The lowest BCUT2D eigenvalue weighted by Crippen LogP contribution is -2.52. The molecule has 21 heavy (non-hydrogen) atoms. The van der Waals surface area contributed by atoms with Crippen LogP contribution in [-0.2, 0) is 4.79 Å². The summed E-state index contributed by atoms with van der Waals surface area (Å²) in [6.07, 6.45) is 3.80. The summed E-state index contributed by atoms with van der Waals surface area (Å²) >= 11 is 1.69. The van der Waals surface area contributed by atoms with Gasteiger partial charge in [0.05, 0.1) is 10.2 Å². The van der Waals surface area contributed by atoms with Crippen LogP contribution in [0.1, 0.15) is 12.8 Å². The smallest absolute Gasteiger partial charge is 0.225 e. The standard InChI is InChI=1S/C15H18N4OS/c1-18(15(20)11-2-3-11)6-10-7-19(8-10)14-13-12(4-5-21-13)16-9-17-14/h4-5,9-11H,2-3,6-8H2,1H3. The van der Waals surface area contributed by atoms with Gasteiger partial charge in [0, 0.05) is 38.5 Å². The fraction of sp³-hybridized carbons (Fsp3) is 0.533. The molecular weight excluding hydrogens is 284 g/mol. The zero-order valence-electron chi connectivity index (χ0n) is 12.0. The van der Waals surface area contributed by atoms with Crippen molar-refractivity contribution < 1.29 is 4.79 Å². The molecule has 6 heteroatoms. The second kappa shape index (κ2) is 4.94. The van der Waals surface area contributed by atoms with Gasteiger partial charge in [0.2, 0.25) is 5.91 Å². The number of fused-ring (bicyclic) bond motifs is 1. The van der Waals surface area contributed by atoms with Crippen LogP contribution in [0.4, 0.5) is 5.82 Å². The van der Waals surface area contributed by atoms with E-state index >= 15 is 0 Å². The molecule has 0 N–H and O–H groups in total. The number of aromatic nitrogens is 2. The fourth-order valence-electron chi connectivity index (χ4n) is 2.98. The summed E-state index contributed by atoms with van der Waals surface area (Å²) in [5, 5.41) is 2.06. The zero-order valence-corrected chi connectivity index (χ0v) is 12.8. The highest BCUT2D eigenvalue weighted by Gasteiger charge is 2.35. The molecule has 2 fully saturated rings. The van der Waals surface area contributed by atoms with Crippen molar-refractivity contribution in [3.05, 3.63) is 17.8 Å². The first-order valence-electron chi connectivity index (χ1n) is 7.40. The van der Waals surface area contributed by atoms with Crippen LogP contribution in [0.25, 0.3) is 10.2 Å². The van der Waals surface area contributed by atoms with Gasteiger partial charge in [-0.15, -0.1) is 11.3 Å². The van der Waals surface area contributed by atoms with Gasteiger partial charge in [-0.2, -0.15) is 0 Å². The first-order valence-corrected chi connectivity index (χ1v) is 8.28. The Morgan fingerprint density at radius 2 is 2.24 bits per heavy atom. The van der Waals surface area contributed by atoms with Crippen LogP contribution in [0.2, 0.25) is 0 Å². The van der Waals surface area contributed by atoms with Crippen molar-refractivity contribution in [2.75, 3.05) is 31.6 Å². The summed E-state index contributed by atoms with van der Waals surface area (Å²) < 4.78 is 1.17. The van der Waals surface area contributed by atoms with Crippen molar-refractivity contribution in [3.8, 4) is 0 Å². The van der Waals surface area contributed by atoms with Gasteiger partial charge in [0.15, 0.2) is 0 Å². The van der Waals surface area contributed by atoms with E-state index in [9.17, 15) is 4.79 Å². The van der Waals surface area contributed by atoms with E-state index in [1.165, 1.54) is 4.70 Å². The van der Waals surface area contributed by atoms with Crippen LogP contribution >= 0.6 is 11.3 Å². The van der Waals surface area contributed by atoms with Crippen molar-refractivity contribution in [3.63, 3.8) is 0 Å². The van der Waals surface area contributed by atoms with Gasteiger partial charge in [0.1, 0.15) is 12.1 Å². The molecule has 1 aliphatic carbocycles. The van der Waals surface area contributed by atoms with E-state index in [-0.39, 0.29) is 0 Å². The number of carbonyl (C=O) groups excluding carboxylic acids is 1. The molecule has 0 aromatic carbocycles. The maximum absolute atomic E-state index is 12.0. The third kappa shape index (κ3) is 2.37. The Bertz CT molecular complexity index is 675. The van der Waals surface area contributed by atoms with E-state index in [2.05, 4.69) is 20.2 Å². The van der Waals surface area contributed by atoms with Crippen LogP contribution in [0, 0.1) is 11.8 Å². The molecule has 110 valence electrons. The Hall–Kier alpha value is -1.69. The minimum Gasteiger partial charge on any atom is -0.354 e. The highest BCUT2D eigenvalue weighted by Crippen LogP contribution is 2.33. The second-order valence-electron chi connectivity index (χ2n) is 6.10. The minimum atomic E-state index is 0.318. The number of thiophene rings is 1. The van der Waals surface area contributed by atoms with Crippen LogP contribution in [-0.4, -0.2) is 47.5 Å². The highest BCUT2D eigenvalue weighted by atomic mass is 32.1. The maximum atomic E-state index is 12.0. The zero-order chi connectivity index (χ0) is 14.4. The number of carbonyl (C=O) groups is 1. The van der Waals surface area contributed by atoms with Gasteiger partial charge >= 0.3 is 0 Å². The number of anilines is 1. The lowest BCUT2D eigenvalue weighted by atomic mass is 9.99. The Morgan fingerprint density at radius 1 is 1.43 bits per heavy atom. The molecule has 0 spiro atoms. The fourth-order valence-corrected chi connectivity index (χ4v) is 3.84. The molecule has 2 aromatic rings. The van der Waals surface area contributed by atoms with Crippen molar-refractivity contribution in [2.45, 2.75) is 12.8 Å². The molecule has 1 amide bonds. The number of amides is 1. The Balaban J connectivity index is 1.38. The molecule has 1 saturated carbocycles. The lowest BCUT2D eigenvalue weighted by molar-refractivity contribution is -0.131. The van der Waals surface area contributed by atoms with Crippen molar-refractivity contribution in [1.29, 1.82) is 0 Å². The van der Waals surface area contributed by atoms with E-state index in [4.69, 9.17) is 0 Å². The first-order chi connectivity index (χ1) is 10.2. The molecule has 0 radical (unpaired) electrons. The highest BCUT2D eigenvalue weighted by molar-refractivity contribution is 7.17. The molecular formula is C15H18N4OS. The number of rotatable bonds is 4. The van der Waals surface area contributed by atoms with Crippen LogP contribution < -0.4 is 4.90 Å². The summed E-state index contributed by atoms with van der Waals surface area (Å²) in [5.74, 6) is 2.25. The quantitative estimate of drug-likeness (QED) is 0.867. The minimum absolute atomic E-state index is 0.318. The summed E-state index contributed by atoms with van der Waals surface area (Å²) in [6.45, 7) is 2.82. The van der Waals surface area contributed by atoms with E-state index in [1.807, 2.05) is 18.0 Å². The maximum Gasteiger partial charge on any atom is 0.225 e. The number of hydrogen-bond donors (Lipinski definition) is 0.